The van der Waals surface area contributed by atoms with E-state index in [2.05, 4.69) is 10.1 Å². The molecule has 2 aromatic heterocycles. The van der Waals surface area contributed by atoms with Crippen LogP contribution >= 0.6 is 0 Å². The molecular weight excluding hydrogens is 168 g/mol. The molecule has 0 bridgehead atoms. The summed E-state index contributed by atoms with van der Waals surface area (Å²) in [4.78, 5) is 14.2. The zero-order chi connectivity index (χ0) is 9.42. The first kappa shape index (κ1) is 7.85. The van der Waals surface area contributed by atoms with Crippen molar-refractivity contribution in [1.29, 1.82) is 0 Å². The number of nitrogens with zero attached hydrogens (tertiary/aromatic N) is 2. The smallest absolute Gasteiger partial charge is 0.276 e. The third-order valence-electron chi connectivity index (χ3n) is 1.88. The Bertz CT molecular complexity index is 496. The molecule has 0 aromatic carbocycles. The van der Waals surface area contributed by atoms with E-state index in [1.165, 1.54) is 10.6 Å². The highest BCUT2D eigenvalue weighted by atomic mass is 16.1. The van der Waals surface area contributed by atoms with Crippen molar-refractivity contribution in [3.63, 3.8) is 0 Å². The van der Waals surface area contributed by atoms with Crippen molar-refractivity contribution in [2.24, 2.45) is 0 Å². The molecule has 0 aliphatic heterocycles. The number of hydrogen-bond donors (Lipinski definition) is 2. The first-order valence-corrected chi connectivity index (χ1v) is 4.08. The van der Waals surface area contributed by atoms with Gasteiger partial charge >= 0.3 is 0 Å². The molecule has 0 aliphatic rings. The summed E-state index contributed by atoms with van der Waals surface area (Å²) in [5, 5.41) is 4.09. The van der Waals surface area contributed by atoms with Gasteiger partial charge in [0.05, 0.1) is 5.69 Å². The monoisotopic (exact) mass is 178 g/mol. The Morgan fingerprint density at radius 2 is 2.38 bits per heavy atom. The minimum Gasteiger partial charge on any atom is -0.385 e. The van der Waals surface area contributed by atoms with Gasteiger partial charge < -0.3 is 10.7 Å². The molecule has 5 nitrogen and oxygen atoms in total. The Balaban J connectivity index is 2.83. The lowest BCUT2D eigenvalue weighted by atomic mass is 10.3. The van der Waals surface area contributed by atoms with Crippen LogP contribution in [-0.2, 0) is 6.42 Å². The summed E-state index contributed by atoms with van der Waals surface area (Å²) in [5.74, 6) is 0.361. The van der Waals surface area contributed by atoms with Gasteiger partial charge in [0.1, 0.15) is 11.5 Å². The average molecular weight is 178 g/mol. The number of rotatable bonds is 1. The van der Waals surface area contributed by atoms with Crippen LogP contribution in [0.1, 0.15) is 12.6 Å². The molecule has 5 heteroatoms. The van der Waals surface area contributed by atoms with E-state index >= 15 is 0 Å². The van der Waals surface area contributed by atoms with Crippen molar-refractivity contribution in [3.8, 4) is 0 Å². The van der Waals surface area contributed by atoms with Crippen molar-refractivity contribution in [1.82, 2.24) is 14.6 Å². The summed E-state index contributed by atoms with van der Waals surface area (Å²) in [6.45, 7) is 1.98. The van der Waals surface area contributed by atoms with E-state index in [-0.39, 0.29) is 5.56 Å². The van der Waals surface area contributed by atoms with E-state index < -0.39 is 0 Å². The summed E-state index contributed by atoms with van der Waals surface area (Å²) < 4.78 is 1.31. The van der Waals surface area contributed by atoms with Gasteiger partial charge in [-0.25, -0.2) is 0 Å². The predicted molar refractivity (Wildman–Crippen MR) is 49.6 cm³/mol. The first-order valence-electron chi connectivity index (χ1n) is 4.08. The van der Waals surface area contributed by atoms with Crippen LogP contribution in [0.5, 0.6) is 0 Å². The largest absolute Gasteiger partial charge is 0.385 e. The number of anilines is 1. The van der Waals surface area contributed by atoms with Crippen LogP contribution in [0.25, 0.3) is 5.65 Å². The second-order valence-corrected chi connectivity index (χ2v) is 2.85. The Morgan fingerprint density at radius 3 is 3.08 bits per heavy atom. The van der Waals surface area contributed by atoms with E-state index in [1.807, 2.05) is 13.0 Å². The fraction of sp³-hybridized carbons (Fsp3) is 0.250. The second-order valence-electron chi connectivity index (χ2n) is 2.85. The van der Waals surface area contributed by atoms with Crippen molar-refractivity contribution in [2.75, 3.05) is 5.73 Å². The highest BCUT2D eigenvalue weighted by Gasteiger charge is 2.02. The lowest BCUT2D eigenvalue weighted by molar-refractivity contribution is 0.859. The Kier molecular flexibility index (Phi) is 1.58. The van der Waals surface area contributed by atoms with Crippen molar-refractivity contribution < 1.29 is 0 Å². The lowest BCUT2D eigenvalue weighted by Gasteiger charge is -1.93. The van der Waals surface area contributed by atoms with E-state index in [0.717, 1.165) is 12.1 Å². The van der Waals surface area contributed by atoms with E-state index in [9.17, 15) is 4.79 Å². The van der Waals surface area contributed by atoms with Crippen molar-refractivity contribution in [3.05, 3.63) is 28.2 Å². The van der Waals surface area contributed by atoms with Crippen LogP contribution in [0, 0.1) is 0 Å². The highest BCUT2D eigenvalue weighted by Crippen LogP contribution is 2.03. The van der Waals surface area contributed by atoms with E-state index in [4.69, 9.17) is 5.73 Å². The zero-order valence-electron chi connectivity index (χ0n) is 7.24. The number of hydrogen-bond acceptors (Lipinski definition) is 3. The standard InChI is InChI=1S/C8H10N4O/c1-2-5-3-7-10-6(9)4-8(13)12(7)11-5/h3-4,10H,2,9H2,1H3. The molecule has 0 radical (unpaired) electrons. The molecule has 0 atom stereocenters. The van der Waals surface area contributed by atoms with Crippen molar-refractivity contribution in [2.45, 2.75) is 13.3 Å². The van der Waals surface area contributed by atoms with Gasteiger partial charge in [-0.1, -0.05) is 6.92 Å². The molecule has 3 N–H and O–H groups in total. The first-order chi connectivity index (χ1) is 6.20. The second kappa shape index (κ2) is 2.62. The SMILES string of the molecule is CCc1cc2[nH]c(N)cc(=O)n2n1. The molecule has 0 aliphatic carbocycles. The van der Waals surface area contributed by atoms with Gasteiger partial charge in [-0.2, -0.15) is 9.61 Å². The number of nitrogens with two attached hydrogens (primary N) is 1. The molecule has 0 saturated heterocycles. The van der Waals surface area contributed by atoms with Crippen LogP contribution in [-0.4, -0.2) is 14.6 Å². The molecule has 2 rings (SSSR count). The van der Waals surface area contributed by atoms with Crippen molar-refractivity contribution >= 4 is 11.5 Å². The molecule has 2 aromatic rings. The Hall–Kier alpha value is -1.78. The maximum absolute atomic E-state index is 11.3. The maximum Gasteiger partial charge on any atom is 0.276 e. The number of nitrogens with one attached hydrogen (secondary N) is 1. The lowest BCUT2D eigenvalue weighted by Crippen LogP contribution is -2.15. The third kappa shape index (κ3) is 1.18. The molecule has 0 amide bonds. The number of nitrogen functional groups attached to an aromatic ring is 1. The number of H-pyrrole nitrogens is 1. The average Bonchev–Trinajstić information content (AvgIpc) is 2.47. The van der Waals surface area contributed by atoms with Gasteiger partial charge in [0, 0.05) is 12.1 Å². The summed E-state index contributed by atoms with van der Waals surface area (Å²) in [7, 11) is 0. The molecule has 0 spiro atoms. The normalized spacial score (nSPS) is 10.8. The Morgan fingerprint density at radius 1 is 1.62 bits per heavy atom. The molecule has 0 unspecified atom stereocenters. The molecular formula is C8H10N4O. The van der Waals surface area contributed by atoms with Gasteiger partial charge in [-0.05, 0) is 6.42 Å². The number of aryl methyl sites for hydroxylation is 1. The van der Waals surface area contributed by atoms with Gasteiger partial charge in [-0.3, -0.25) is 4.79 Å². The minimum absolute atomic E-state index is 0.203. The van der Waals surface area contributed by atoms with Gasteiger partial charge in [0.25, 0.3) is 5.56 Å². The van der Waals surface area contributed by atoms with Crippen LogP contribution in [0.15, 0.2) is 16.9 Å². The van der Waals surface area contributed by atoms with Crippen LogP contribution in [0.3, 0.4) is 0 Å². The zero-order valence-corrected chi connectivity index (χ0v) is 7.24. The Labute approximate surface area is 74.2 Å². The van der Waals surface area contributed by atoms with E-state index in [1.54, 1.807) is 0 Å². The molecule has 2 heterocycles. The van der Waals surface area contributed by atoms with E-state index in [0.29, 0.717) is 11.5 Å². The maximum atomic E-state index is 11.3. The fourth-order valence-electron chi connectivity index (χ4n) is 1.24. The summed E-state index contributed by atoms with van der Waals surface area (Å²) in [6.07, 6.45) is 0.800. The molecule has 68 valence electrons. The summed E-state index contributed by atoms with van der Waals surface area (Å²) >= 11 is 0. The fourth-order valence-corrected chi connectivity index (χ4v) is 1.24. The summed E-state index contributed by atoms with van der Waals surface area (Å²) in [6, 6.07) is 3.14. The van der Waals surface area contributed by atoms with Crippen LogP contribution in [0.4, 0.5) is 5.82 Å². The van der Waals surface area contributed by atoms with Gasteiger partial charge in [0.15, 0.2) is 0 Å². The molecule has 0 fully saturated rings. The van der Waals surface area contributed by atoms with Gasteiger partial charge in [0.2, 0.25) is 0 Å². The van der Waals surface area contributed by atoms with Crippen LogP contribution in [0.2, 0.25) is 0 Å². The van der Waals surface area contributed by atoms with Crippen LogP contribution < -0.4 is 11.3 Å². The number of aromatic nitrogens is 3. The minimum atomic E-state index is -0.203. The highest BCUT2D eigenvalue weighted by molar-refractivity contribution is 5.44. The third-order valence-corrected chi connectivity index (χ3v) is 1.88. The number of aromatic amines is 1. The molecule has 0 saturated carbocycles. The summed E-state index contributed by atoms with van der Waals surface area (Å²) in [5.41, 5.74) is 6.79. The topological polar surface area (TPSA) is 76.2 Å². The quantitative estimate of drug-likeness (QED) is 0.653. The predicted octanol–water partition coefficient (Wildman–Crippen LogP) is 0.167. The van der Waals surface area contributed by atoms with Gasteiger partial charge in [-0.15, -0.1) is 0 Å². The molecule has 13 heavy (non-hydrogen) atoms. The number of fused-ring (bicyclic) bond motifs is 1.